The van der Waals surface area contributed by atoms with Crippen molar-refractivity contribution in [3.63, 3.8) is 0 Å². The standard InChI is InChI=1S/C12H30N4O3Si3/c1-17-10-4-7-13(20-10)16(14-8-5-11(18-2)21-14)15-9-6-12(19-3)22-15/h10-12H,4-9,20-22H2,1-3H3. The van der Waals surface area contributed by atoms with Crippen LogP contribution in [0.4, 0.5) is 0 Å². The molecule has 3 rings (SSSR count). The Bertz CT molecular complexity index is 318. The summed E-state index contributed by atoms with van der Waals surface area (Å²) in [5.74, 6) is 0. The molecular weight excluding hydrogens is 332 g/mol. The van der Waals surface area contributed by atoms with Crippen molar-refractivity contribution in [3.8, 4) is 0 Å². The number of hydrogen-bond donors (Lipinski definition) is 0. The molecule has 3 aliphatic rings. The molecule has 3 heterocycles. The highest BCUT2D eigenvalue weighted by molar-refractivity contribution is 6.37. The van der Waals surface area contributed by atoms with Crippen LogP contribution in [0.3, 0.4) is 0 Å². The molecule has 0 aromatic heterocycles. The molecular formula is C12H30N4O3Si3. The van der Waals surface area contributed by atoms with Gasteiger partial charge < -0.3 is 14.2 Å². The van der Waals surface area contributed by atoms with Gasteiger partial charge in [-0.05, 0) is 19.3 Å². The molecule has 128 valence electrons. The Morgan fingerprint density at radius 3 is 1.23 bits per heavy atom. The minimum atomic E-state index is -0.373. The van der Waals surface area contributed by atoms with Crippen LogP contribution in [-0.2, 0) is 14.2 Å². The smallest absolute Gasteiger partial charge is 0.149 e. The lowest BCUT2D eigenvalue weighted by atomic mass is 10.4. The van der Waals surface area contributed by atoms with Crippen molar-refractivity contribution in [1.82, 2.24) is 19.3 Å². The molecule has 22 heavy (non-hydrogen) atoms. The van der Waals surface area contributed by atoms with Crippen molar-refractivity contribution in [3.05, 3.63) is 0 Å². The summed E-state index contributed by atoms with van der Waals surface area (Å²) in [6.45, 7) is 3.45. The summed E-state index contributed by atoms with van der Waals surface area (Å²) in [7, 11) is 4.47. The first-order valence-corrected chi connectivity index (χ1v) is 12.7. The minimum Gasteiger partial charge on any atom is -0.384 e. The van der Waals surface area contributed by atoms with E-state index < -0.39 is 0 Å². The van der Waals surface area contributed by atoms with Gasteiger partial charge in [0.1, 0.15) is 29.0 Å². The summed E-state index contributed by atoms with van der Waals surface area (Å²) in [4.78, 5) is 0. The number of rotatable bonds is 6. The Hall–Kier alpha value is 0.371. The van der Waals surface area contributed by atoms with Crippen LogP contribution in [0, 0.1) is 0 Å². The van der Waals surface area contributed by atoms with Gasteiger partial charge in [-0.1, -0.05) is 0 Å². The van der Waals surface area contributed by atoms with Crippen LogP contribution in [0.15, 0.2) is 0 Å². The van der Waals surface area contributed by atoms with Gasteiger partial charge in [-0.15, -0.1) is 5.23 Å². The summed E-state index contributed by atoms with van der Waals surface area (Å²) < 4.78 is 24.8. The van der Waals surface area contributed by atoms with Crippen molar-refractivity contribution >= 4 is 29.0 Å². The average Bonchev–Trinajstić information content (AvgIpc) is 3.28. The van der Waals surface area contributed by atoms with E-state index >= 15 is 0 Å². The zero-order chi connectivity index (χ0) is 15.5. The number of ether oxygens (including phenoxy) is 3. The third-order valence-corrected chi connectivity index (χ3v) is 11.5. The second-order valence-corrected chi connectivity index (χ2v) is 12.5. The third kappa shape index (κ3) is 3.71. The molecule has 3 fully saturated rings. The third-order valence-electron chi connectivity index (χ3n) is 5.13. The molecule has 0 aromatic rings. The van der Waals surface area contributed by atoms with Gasteiger partial charge in [-0.2, -0.15) is 0 Å². The molecule has 0 spiro atoms. The van der Waals surface area contributed by atoms with E-state index in [-0.39, 0.29) is 29.0 Å². The van der Waals surface area contributed by atoms with Crippen LogP contribution in [0.1, 0.15) is 19.3 Å². The monoisotopic (exact) mass is 362 g/mol. The highest BCUT2D eigenvalue weighted by Gasteiger charge is 2.40. The second kappa shape index (κ2) is 7.96. The van der Waals surface area contributed by atoms with Crippen LogP contribution in [0.25, 0.3) is 0 Å². The van der Waals surface area contributed by atoms with E-state index in [2.05, 4.69) is 19.3 Å². The van der Waals surface area contributed by atoms with E-state index in [1.54, 1.807) is 0 Å². The molecule has 0 aliphatic carbocycles. The maximum atomic E-state index is 5.63. The molecule has 3 aliphatic heterocycles. The Morgan fingerprint density at radius 2 is 1.00 bits per heavy atom. The number of methoxy groups -OCH3 is 3. The highest BCUT2D eigenvalue weighted by atomic mass is 28.2. The molecule has 10 heteroatoms. The van der Waals surface area contributed by atoms with Crippen LogP contribution in [0.5, 0.6) is 0 Å². The highest BCUT2D eigenvalue weighted by Crippen LogP contribution is 2.23. The van der Waals surface area contributed by atoms with Gasteiger partial charge in [0, 0.05) is 41.0 Å². The average molecular weight is 363 g/mol. The predicted molar refractivity (Wildman–Crippen MR) is 93.8 cm³/mol. The lowest BCUT2D eigenvalue weighted by molar-refractivity contribution is -0.193. The van der Waals surface area contributed by atoms with Crippen LogP contribution < -0.4 is 0 Å². The van der Waals surface area contributed by atoms with E-state index in [0.717, 1.165) is 19.6 Å². The van der Waals surface area contributed by atoms with E-state index in [4.69, 9.17) is 14.2 Å². The van der Waals surface area contributed by atoms with Crippen molar-refractivity contribution in [2.75, 3.05) is 41.0 Å². The lowest BCUT2D eigenvalue weighted by Gasteiger charge is -2.44. The molecule has 0 amide bonds. The van der Waals surface area contributed by atoms with Gasteiger partial charge in [0.05, 0.1) is 17.2 Å². The Morgan fingerprint density at radius 1 is 0.682 bits per heavy atom. The Balaban J connectivity index is 1.68. The van der Waals surface area contributed by atoms with Crippen LogP contribution in [-0.4, -0.2) is 106 Å². The number of nitrogens with zero attached hydrogens (tertiary/aromatic N) is 4. The normalized spacial score (nSPS) is 38.5. The van der Waals surface area contributed by atoms with E-state index in [0.29, 0.717) is 17.2 Å². The number of hydrogen-bond acceptors (Lipinski definition) is 7. The fraction of sp³-hybridized carbons (Fsp3) is 1.00. The molecule has 7 nitrogen and oxygen atoms in total. The topological polar surface area (TPSA) is 40.7 Å². The van der Waals surface area contributed by atoms with E-state index in [1.165, 1.54) is 19.3 Å². The molecule has 3 unspecified atom stereocenters. The predicted octanol–water partition coefficient (Wildman–Crippen LogP) is -2.68. The van der Waals surface area contributed by atoms with Gasteiger partial charge in [-0.25, -0.2) is 14.0 Å². The Kier molecular flexibility index (Phi) is 6.23. The van der Waals surface area contributed by atoms with Gasteiger partial charge in [0.25, 0.3) is 0 Å². The summed E-state index contributed by atoms with van der Waals surface area (Å²) in [6, 6.07) is 0. The van der Waals surface area contributed by atoms with Crippen molar-refractivity contribution in [2.45, 2.75) is 36.4 Å². The second-order valence-electron chi connectivity index (χ2n) is 6.45. The number of hydrazine groups is 3. The van der Waals surface area contributed by atoms with Crippen molar-refractivity contribution < 1.29 is 14.2 Å². The minimum absolute atomic E-state index is 0.373. The summed E-state index contributed by atoms with van der Waals surface area (Å²) in [5, 5.41) is 2.56. The largest absolute Gasteiger partial charge is 0.384 e. The van der Waals surface area contributed by atoms with Crippen LogP contribution in [0.2, 0.25) is 0 Å². The van der Waals surface area contributed by atoms with Gasteiger partial charge in [0.2, 0.25) is 0 Å². The maximum absolute atomic E-state index is 5.63. The molecule has 0 aromatic carbocycles. The van der Waals surface area contributed by atoms with Crippen LogP contribution >= 0.6 is 0 Å². The van der Waals surface area contributed by atoms with Gasteiger partial charge in [0.15, 0.2) is 0 Å². The molecule has 0 N–H and O–H groups in total. The first-order valence-electron chi connectivity index (χ1n) is 8.38. The molecule has 0 bridgehead atoms. The SMILES string of the molecule is COC1CCN(N(N2CCC(OC)[SiH2]2)N2CCC(OC)[SiH2]2)[SiH2]1. The molecule has 3 atom stereocenters. The molecule has 0 saturated carbocycles. The lowest BCUT2D eigenvalue weighted by Crippen LogP contribution is -2.62. The van der Waals surface area contributed by atoms with E-state index in [9.17, 15) is 0 Å². The molecule has 0 radical (unpaired) electrons. The van der Waals surface area contributed by atoms with Gasteiger partial charge >= 0.3 is 0 Å². The van der Waals surface area contributed by atoms with Crippen molar-refractivity contribution in [1.29, 1.82) is 0 Å². The summed E-state index contributed by atoms with van der Waals surface area (Å²) in [6.07, 6.45) is 3.56. The van der Waals surface area contributed by atoms with Crippen molar-refractivity contribution in [2.24, 2.45) is 0 Å². The maximum Gasteiger partial charge on any atom is 0.149 e. The fourth-order valence-electron chi connectivity index (χ4n) is 3.73. The fourth-order valence-corrected chi connectivity index (χ4v) is 9.83. The quantitative estimate of drug-likeness (QED) is 0.477. The zero-order valence-electron chi connectivity index (χ0n) is 14.1. The molecule has 3 saturated heterocycles. The van der Waals surface area contributed by atoms with Gasteiger partial charge in [-0.3, -0.25) is 0 Å². The first-order chi connectivity index (χ1) is 10.7. The Labute approximate surface area is 140 Å². The zero-order valence-corrected chi connectivity index (χ0v) is 18.4. The summed E-state index contributed by atoms with van der Waals surface area (Å²) >= 11 is 0. The summed E-state index contributed by atoms with van der Waals surface area (Å²) in [5.41, 5.74) is 1.52. The van der Waals surface area contributed by atoms with E-state index in [1.807, 2.05) is 21.3 Å². The first kappa shape index (κ1) is 17.2.